The summed E-state index contributed by atoms with van der Waals surface area (Å²) in [7, 11) is 0. The molecule has 22 heavy (non-hydrogen) atoms. The van der Waals surface area contributed by atoms with Gasteiger partial charge < -0.3 is 5.32 Å². The Balaban J connectivity index is 2.02. The third kappa shape index (κ3) is 2.62. The van der Waals surface area contributed by atoms with Gasteiger partial charge in [-0.25, -0.2) is 9.37 Å². The third-order valence-electron chi connectivity index (χ3n) is 3.41. The molecule has 0 spiro atoms. The molecule has 2 aromatic heterocycles. The van der Waals surface area contributed by atoms with Crippen molar-refractivity contribution in [3.63, 3.8) is 0 Å². The zero-order valence-electron chi connectivity index (χ0n) is 12.0. The van der Waals surface area contributed by atoms with Gasteiger partial charge in [-0.05, 0) is 49.7 Å². The molecule has 112 valence electrons. The molecule has 0 bridgehead atoms. The largest absolute Gasteiger partial charge is 0.320 e. The number of pyridine rings is 1. The van der Waals surface area contributed by atoms with Crippen molar-refractivity contribution in [3.05, 3.63) is 63.8 Å². The predicted molar refractivity (Wildman–Crippen MR) is 86.7 cm³/mol. The maximum atomic E-state index is 13.4. The Morgan fingerprint density at radius 1 is 1.27 bits per heavy atom. The number of anilines is 1. The number of amides is 1. The van der Waals surface area contributed by atoms with Gasteiger partial charge in [0.2, 0.25) is 0 Å². The maximum absolute atomic E-state index is 13.4. The number of aryl methyl sites for hydroxylation is 2. The van der Waals surface area contributed by atoms with Gasteiger partial charge in [0.05, 0.1) is 5.69 Å². The minimum atomic E-state index is -0.418. The molecule has 1 aromatic carbocycles. The Morgan fingerprint density at radius 3 is 2.77 bits per heavy atom. The third-order valence-corrected chi connectivity index (χ3v) is 3.90. The highest BCUT2D eigenvalue weighted by atomic mass is 79.9. The first-order valence-corrected chi connectivity index (χ1v) is 7.47. The van der Waals surface area contributed by atoms with E-state index in [1.54, 1.807) is 13.0 Å². The summed E-state index contributed by atoms with van der Waals surface area (Å²) in [5, 5.41) is 2.85. The molecule has 0 aliphatic heterocycles. The van der Waals surface area contributed by atoms with Crippen molar-refractivity contribution in [3.8, 4) is 0 Å². The number of carbonyl (C=O) groups is 1. The van der Waals surface area contributed by atoms with Crippen LogP contribution < -0.4 is 5.32 Å². The lowest BCUT2D eigenvalue weighted by atomic mass is 10.2. The van der Waals surface area contributed by atoms with Crippen LogP contribution >= 0.6 is 15.9 Å². The van der Waals surface area contributed by atoms with Gasteiger partial charge in [0.1, 0.15) is 17.2 Å². The van der Waals surface area contributed by atoms with Crippen LogP contribution in [0.25, 0.3) is 5.65 Å². The summed E-state index contributed by atoms with van der Waals surface area (Å²) in [5.74, 6) is -0.736. The van der Waals surface area contributed by atoms with E-state index in [4.69, 9.17) is 0 Å². The minimum Gasteiger partial charge on any atom is -0.320 e. The molecule has 1 amide bonds. The topological polar surface area (TPSA) is 46.4 Å². The van der Waals surface area contributed by atoms with Gasteiger partial charge in [-0.15, -0.1) is 0 Å². The molecule has 0 aliphatic rings. The number of hydrogen-bond donors (Lipinski definition) is 1. The molecule has 2 heterocycles. The predicted octanol–water partition coefficient (Wildman–Crippen LogP) is 4.11. The van der Waals surface area contributed by atoms with Gasteiger partial charge in [-0.1, -0.05) is 15.9 Å². The Bertz CT molecular complexity index is 888. The van der Waals surface area contributed by atoms with Gasteiger partial charge in [-0.3, -0.25) is 9.20 Å². The van der Waals surface area contributed by atoms with Crippen LogP contribution in [0.2, 0.25) is 0 Å². The van der Waals surface area contributed by atoms with E-state index in [0.29, 0.717) is 22.7 Å². The van der Waals surface area contributed by atoms with Crippen molar-refractivity contribution in [2.45, 2.75) is 13.8 Å². The second-order valence-electron chi connectivity index (χ2n) is 5.03. The van der Waals surface area contributed by atoms with E-state index >= 15 is 0 Å². The molecular formula is C16H13BrFN3O. The van der Waals surface area contributed by atoms with Crippen molar-refractivity contribution in [1.82, 2.24) is 9.38 Å². The summed E-state index contributed by atoms with van der Waals surface area (Å²) in [6.07, 6.45) is 1.26. The van der Waals surface area contributed by atoms with E-state index < -0.39 is 5.82 Å². The normalized spacial score (nSPS) is 10.9. The number of rotatable bonds is 2. The highest BCUT2D eigenvalue weighted by Gasteiger charge is 2.17. The summed E-state index contributed by atoms with van der Waals surface area (Å²) >= 11 is 3.38. The Kier molecular flexibility index (Phi) is 3.70. The minimum absolute atomic E-state index is 0.318. The standard InChI is InChI=1S/C16H13BrFN3O/c1-9-7-11(17)3-5-13(9)20-16(22)15-10(2)19-14-6-4-12(18)8-21(14)15/h3-8H,1-2H3,(H,20,22). The van der Waals surface area contributed by atoms with Gasteiger partial charge in [0, 0.05) is 16.4 Å². The SMILES string of the molecule is Cc1cc(Br)ccc1NC(=O)c1c(C)nc2ccc(F)cn12. The number of halogens is 2. The van der Waals surface area contributed by atoms with E-state index in [1.807, 2.05) is 25.1 Å². The van der Waals surface area contributed by atoms with Crippen LogP contribution in [0, 0.1) is 19.7 Å². The van der Waals surface area contributed by atoms with Crippen LogP contribution in [-0.2, 0) is 0 Å². The average molecular weight is 362 g/mol. The van der Waals surface area contributed by atoms with Crippen LogP contribution in [0.15, 0.2) is 41.0 Å². The Labute approximate surface area is 135 Å². The number of benzene rings is 1. The number of carbonyl (C=O) groups excluding carboxylic acids is 1. The lowest BCUT2D eigenvalue weighted by molar-refractivity contribution is 0.102. The van der Waals surface area contributed by atoms with Gasteiger partial charge in [0.15, 0.2) is 0 Å². The van der Waals surface area contributed by atoms with E-state index in [2.05, 4.69) is 26.2 Å². The molecule has 3 rings (SSSR count). The first-order valence-electron chi connectivity index (χ1n) is 6.67. The van der Waals surface area contributed by atoms with E-state index in [1.165, 1.54) is 16.7 Å². The zero-order chi connectivity index (χ0) is 15.9. The highest BCUT2D eigenvalue weighted by Crippen LogP contribution is 2.21. The molecule has 0 unspecified atom stereocenters. The second kappa shape index (κ2) is 5.53. The van der Waals surface area contributed by atoms with Crippen LogP contribution in [0.3, 0.4) is 0 Å². The van der Waals surface area contributed by atoms with E-state index in [9.17, 15) is 9.18 Å². The van der Waals surface area contributed by atoms with Crippen LogP contribution in [0.1, 0.15) is 21.7 Å². The van der Waals surface area contributed by atoms with E-state index in [-0.39, 0.29) is 5.91 Å². The molecule has 0 atom stereocenters. The molecule has 0 aliphatic carbocycles. The summed E-state index contributed by atoms with van der Waals surface area (Å²) in [4.78, 5) is 16.8. The number of hydrogen-bond acceptors (Lipinski definition) is 2. The van der Waals surface area contributed by atoms with Crippen molar-refractivity contribution < 1.29 is 9.18 Å². The molecule has 1 N–H and O–H groups in total. The molecular weight excluding hydrogens is 349 g/mol. The van der Waals surface area contributed by atoms with Crippen LogP contribution in [-0.4, -0.2) is 15.3 Å². The first kappa shape index (κ1) is 14.7. The molecule has 0 saturated carbocycles. The molecule has 4 nitrogen and oxygen atoms in total. The number of fused-ring (bicyclic) bond motifs is 1. The molecule has 0 fully saturated rings. The smallest absolute Gasteiger partial charge is 0.274 e. The van der Waals surface area contributed by atoms with Crippen molar-refractivity contribution in [2.24, 2.45) is 0 Å². The fraction of sp³-hybridized carbons (Fsp3) is 0.125. The number of imidazole rings is 1. The lowest BCUT2D eigenvalue weighted by Crippen LogP contribution is -2.16. The highest BCUT2D eigenvalue weighted by molar-refractivity contribution is 9.10. The maximum Gasteiger partial charge on any atom is 0.274 e. The summed E-state index contributed by atoms with van der Waals surface area (Å²) in [6.45, 7) is 3.63. The van der Waals surface area contributed by atoms with Gasteiger partial charge in [0.25, 0.3) is 5.91 Å². The quantitative estimate of drug-likeness (QED) is 0.746. The molecule has 6 heteroatoms. The molecule has 0 radical (unpaired) electrons. The van der Waals surface area contributed by atoms with Crippen molar-refractivity contribution in [1.29, 1.82) is 0 Å². The van der Waals surface area contributed by atoms with E-state index in [0.717, 1.165) is 10.0 Å². The van der Waals surface area contributed by atoms with Crippen molar-refractivity contribution >= 4 is 33.2 Å². The first-order chi connectivity index (χ1) is 10.5. The number of nitrogens with one attached hydrogen (secondary N) is 1. The second-order valence-corrected chi connectivity index (χ2v) is 5.95. The van der Waals surface area contributed by atoms with Gasteiger partial charge >= 0.3 is 0 Å². The molecule has 0 saturated heterocycles. The average Bonchev–Trinajstić information content (AvgIpc) is 2.77. The number of nitrogens with zero attached hydrogens (tertiary/aromatic N) is 2. The van der Waals surface area contributed by atoms with Crippen molar-refractivity contribution in [2.75, 3.05) is 5.32 Å². The fourth-order valence-corrected chi connectivity index (χ4v) is 2.83. The van der Waals surface area contributed by atoms with Crippen LogP contribution in [0.5, 0.6) is 0 Å². The summed E-state index contributed by atoms with van der Waals surface area (Å²) in [6, 6.07) is 8.45. The Morgan fingerprint density at radius 2 is 2.05 bits per heavy atom. The van der Waals surface area contributed by atoms with Gasteiger partial charge in [-0.2, -0.15) is 0 Å². The summed E-state index contributed by atoms with van der Waals surface area (Å²) in [5.41, 5.74) is 3.06. The monoisotopic (exact) mass is 361 g/mol. The molecule has 3 aromatic rings. The Hall–Kier alpha value is -2.21. The fourth-order valence-electron chi connectivity index (χ4n) is 2.36. The van der Waals surface area contributed by atoms with Crippen LogP contribution in [0.4, 0.5) is 10.1 Å². The summed E-state index contributed by atoms with van der Waals surface area (Å²) < 4.78 is 15.8. The lowest BCUT2D eigenvalue weighted by Gasteiger charge is -2.09. The number of aromatic nitrogens is 2. The zero-order valence-corrected chi connectivity index (χ0v) is 13.6.